The lowest BCUT2D eigenvalue weighted by molar-refractivity contribution is -0.144. The molecule has 2 aromatic rings. The number of nitrogens with zero attached hydrogens (tertiary/aromatic N) is 2. The highest BCUT2D eigenvalue weighted by Crippen LogP contribution is 2.22. The van der Waals surface area contributed by atoms with Crippen molar-refractivity contribution in [3.63, 3.8) is 0 Å². The highest BCUT2D eigenvalue weighted by molar-refractivity contribution is 6.30. The topological polar surface area (TPSA) is 44.1 Å². The Morgan fingerprint density at radius 1 is 1.37 bits per heavy atom. The summed E-state index contributed by atoms with van der Waals surface area (Å²) in [7, 11) is 0. The monoisotopic (exact) mass is 278 g/mol. The minimum absolute atomic E-state index is 0.111. The van der Waals surface area contributed by atoms with E-state index in [4.69, 9.17) is 16.3 Å². The molecule has 0 fully saturated rings. The second-order valence-corrected chi connectivity index (χ2v) is 4.58. The first-order chi connectivity index (χ1) is 9.10. The zero-order chi connectivity index (χ0) is 13.8. The molecule has 0 amide bonds. The summed E-state index contributed by atoms with van der Waals surface area (Å²) in [5.74, 6) is -0.291. The summed E-state index contributed by atoms with van der Waals surface area (Å²) in [6, 6.07) is 9.37. The molecule has 4 nitrogen and oxygen atoms in total. The van der Waals surface area contributed by atoms with Crippen LogP contribution < -0.4 is 0 Å². The van der Waals surface area contributed by atoms with E-state index in [1.54, 1.807) is 11.6 Å². The van der Waals surface area contributed by atoms with E-state index in [1.807, 2.05) is 37.3 Å². The van der Waals surface area contributed by atoms with Gasteiger partial charge in [0.2, 0.25) is 0 Å². The van der Waals surface area contributed by atoms with E-state index in [1.165, 1.54) is 0 Å². The van der Waals surface area contributed by atoms with Gasteiger partial charge in [0.05, 0.1) is 18.0 Å². The van der Waals surface area contributed by atoms with Gasteiger partial charge >= 0.3 is 5.97 Å². The highest BCUT2D eigenvalue weighted by Gasteiger charge is 2.11. The molecular weight excluding hydrogens is 264 g/mol. The second-order valence-electron chi connectivity index (χ2n) is 4.14. The number of esters is 1. The van der Waals surface area contributed by atoms with Crippen molar-refractivity contribution in [2.24, 2.45) is 0 Å². The van der Waals surface area contributed by atoms with Crippen LogP contribution in [-0.2, 0) is 16.1 Å². The molecule has 0 unspecified atom stereocenters. The minimum Gasteiger partial charge on any atom is -0.465 e. The van der Waals surface area contributed by atoms with E-state index in [9.17, 15) is 4.79 Å². The predicted molar refractivity (Wildman–Crippen MR) is 74.0 cm³/mol. The molecule has 1 aromatic carbocycles. The van der Waals surface area contributed by atoms with Gasteiger partial charge in [-0.3, -0.25) is 9.48 Å². The lowest BCUT2D eigenvalue weighted by atomic mass is 10.1. The summed E-state index contributed by atoms with van der Waals surface area (Å²) in [6.45, 7) is 4.16. The Morgan fingerprint density at radius 3 is 2.68 bits per heavy atom. The molecule has 19 heavy (non-hydrogen) atoms. The maximum atomic E-state index is 11.6. The van der Waals surface area contributed by atoms with E-state index in [-0.39, 0.29) is 12.5 Å². The maximum Gasteiger partial charge on any atom is 0.327 e. The number of hydrogen-bond acceptors (Lipinski definition) is 3. The van der Waals surface area contributed by atoms with Crippen LogP contribution in [0.5, 0.6) is 0 Å². The van der Waals surface area contributed by atoms with Crippen molar-refractivity contribution in [1.82, 2.24) is 9.78 Å². The Bertz CT molecular complexity index is 576. The largest absolute Gasteiger partial charge is 0.465 e. The van der Waals surface area contributed by atoms with Gasteiger partial charge in [0, 0.05) is 5.02 Å². The van der Waals surface area contributed by atoms with Crippen LogP contribution in [0.25, 0.3) is 11.3 Å². The van der Waals surface area contributed by atoms with E-state index in [2.05, 4.69) is 5.10 Å². The smallest absolute Gasteiger partial charge is 0.327 e. The van der Waals surface area contributed by atoms with E-state index in [0.717, 1.165) is 17.0 Å². The standard InChI is InChI=1S/C14H15ClN2O2/c1-3-19-14(18)9-17-13(8-10(2)16-17)11-4-6-12(15)7-5-11/h4-8H,3,9H2,1-2H3. The number of aromatic nitrogens is 2. The van der Waals surface area contributed by atoms with Gasteiger partial charge in [0.25, 0.3) is 0 Å². The Kier molecular flexibility index (Phi) is 4.22. The average molecular weight is 279 g/mol. The molecule has 0 N–H and O–H groups in total. The Balaban J connectivity index is 2.30. The van der Waals surface area contributed by atoms with Crippen LogP contribution in [0.15, 0.2) is 30.3 Å². The molecule has 0 aliphatic heterocycles. The lowest BCUT2D eigenvalue weighted by Crippen LogP contribution is -2.15. The third kappa shape index (κ3) is 3.35. The van der Waals surface area contributed by atoms with Crippen molar-refractivity contribution in [2.75, 3.05) is 6.61 Å². The number of ether oxygens (including phenoxy) is 1. The fourth-order valence-electron chi connectivity index (χ4n) is 1.85. The third-order valence-electron chi connectivity index (χ3n) is 2.63. The Morgan fingerprint density at radius 2 is 2.05 bits per heavy atom. The normalized spacial score (nSPS) is 10.5. The van der Waals surface area contributed by atoms with Gasteiger partial charge < -0.3 is 4.74 Å². The van der Waals surface area contributed by atoms with Crippen molar-refractivity contribution in [3.8, 4) is 11.3 Å². The summed E-state index contributed by atoms with van der Waals surface area (Å²) >= 11 is 5.87. The number of halogens is 1. The zero-order valence-electron chi connectivity index (χ0n) is 10.9. The van der Waals surface area contributed by atoms with Crippen LogP contribution in [0.1, 0.15) is 12.6 Å². The summed E-state index contributed by atoms with van der Waals surface area (Å²) in [5, 5.41) is 4.99. The molecule has 1 aromatic heterocycles. The molecule has 100 valence electrons. The summed E-state index contributed by atoms with van der Waals surface area (Å²) in [6.07, 6.45) is 0. The number of carbonyl (C=O) groups is 1. The quantitative estimate of drug-likeness (QED) is 0.807. The van der Waals surface area contributed by atoms with Crippen molar-refractivity contribution in [3.05, 3.63) is 41.0 Å². The molecule has 0 saturated carbocycles. The van der Waals surface area contributed by atoms with Crippen molar-refractivity contribution < 1.29 is 9.53 Å². The molecule has 0 saturated heterocycles. The van der Waals surface area contributed by atoms with Gasteiger partial charge in [-0.1, -0.05) is 23.7 Å². The van der Waals surface area contributed by atoms with Gasteiger partial charge in [-0.05, 0) is 37.6 Å². The van der Waals surface area contributed by atoms with Crippen LogP contribution >= 0.6 is 11.6 Å². The first-order valence-electron chi connectivity index (χ1n) is 6.06. The fourth-order valence-corrected chi connectivity index (χ4v) is 1.97. The predicted octanol–water partition coefficient (Wildman–Crippen LogP) is 3.08. The van der Waals surface area contributed by atoms with E-state index < -0.39 is 0 Å². The molecule has 0 bridgehead atoms. The van der Waals surface area contributed by atoms with Gasteiger partial charge in [-0.15, -0.1) is 0 Å². The van der Waals surface area contributed by atoms with Gasteiger partial charge in [-0.2, -0.15) is 5.10 Å². The SMILES string of the molecule is CCOC(=O)Cn1nc(C)cc1-c1ccc(Cl)cc1. The van der Waals surface area contributed by atoms with Crippen LogP contribution in [0, 0.1) is 6.92 Å². The number of rotatable bonds is 4. The Hall–Kier alpha value is -1.81. The zero-order valence-corrected chi connectivity index (χ0v) is 11.6. The van der Waals surface area contributed by atoms with Gasteiger partial charge in [0.1, 0.15) is 6.54 Å². The van der Waals surface area contributed by atoms with Crippen LogP contribution in [0.4, 0.5) is 0 Å². The lowest BCUT2D eigenvalue weighted by Gasteiger charge is -2.07. The third-order valence-corrected chi connectivity index (χ3v) is 2.88. The second kappa shape index (κ2) is 5.89. The summed E-state index contributed by atoms with van der Waals surface area (Å²) in [4.78, 5) is 11.6. The number of carbonyl (C=O) groups excluding carboxylic acids is 1. The fraction of sp³-hybridized carbons (Fsp3) is 0.286. The van der Waals surface area contributed by atoms with Gasteiger partial charge in [0.15, 0.2) is 0 Å². The molecule has 0 radical (unpaired) electrons. The van der Waals surface area contributed by atoms with E-state index >= 15 is 0 Å². The average Bonchev–Trinajstić information content (AvgIpc) is 2.71. The van der Waals surface area contributed by atoms with Crippen molar-refractivity contribution >= 4 is 17.6 Å². The number of aryl methyl sites for hydroxylation is 1. The van der Waals surface area contributed by atoms with E-state index in [0.29, 0.717) is 11.6 Å². The van der Waals surface area contributed by atoms with Crippen LogP contribution in [0.2, 0.25) is 5.02 Å². The molecule has 0 atom stereocenters. The van der Waals surface area contributed by atoms with Gasteiger partial charge in [-0.25, -0.2) is 0 Å². The molecule has 2 rings (SSSR count). The number of benzene rings is 1. The summed E-state index contributed by atoms with van der Waals surface area (Å²) < 4.78 is 6.59. The minimum atomic E-state index is -0.291. The molecule has 1 heterocycles. The van der Waals surface area contributed by atoms with Crippen LogP contribution in [-0.4, -0.2) is 22.4 Å². The number of hydrogen-bond donors (Lipinski definition) is 0. The molecule has 5 heteroatoms. The van der Waals surface area contributed by atoms with Crippen LogP contribution in [0.3, 0.4) is 0 Å². The van der Waals surface area contributed by atoms with Crippen molar-refractivity contribution in [2.45, 2.75) is 20.4 Å². The summed E-state index contributed by atoms with van der Waals surface area (Å²) in [5.41, 5.74) is 2.70. The molecule has 0 aliphatic carbocycles. The molecule has 0 spiro atoms. The Labute approximate surface area is 116 Å². The maximum absolute atomic E-state index is 11.6. The van der Waals surface area contributed by atoms with Crippen molar-refractivity contribution in [1.29, 1.82) is 0 Å². The first kappa shape index (κ1) is 13.6. The molecular formula is C14H15ClN2O2. The first-order valence-corrected chi connectivity index (χ1v) is 6.44. The molecule has 0 aliphatic rings. The highest BCUT2D eigenvalue weighted by atomic mass is 35.5.